The van der Waals surface area contributed by atoms with E-state index in [2.05, 4.69) is 0 Å². The Bertz CT molecular complexity index is 518. The summed E-state index contributed by atoms with van der Waals surface area (Å²) in [6.07, 6.45) is 0.707. The number of nitro groups is 1. The van der Waals surface area contributed by atoms with Crippen molar-refractivity contribution in [1.29, 1.82) is 0 Å². The summed E-state index contributed by atoms with van der Waals surface area (Å²) in [6, 6.07) is 4.33. The second-order valence-electron chi connectivity index (χ2n) is 4.59. The van der Waals surface area contributed by atoms with Gasteiger partial charge in [-0.15, -0.1) is 0 Å². The minimum atomic E-state index is -0.637. The van der Waals surface area contributed by atoms with Crippen LogP contribution in [0.15, 0.2) is 18.2 Å². The van der Waals surface area contributed by atoms with Crippen LogP contribution in [0.5, 0.6) is 0 Å². The number of likely N-dealkylation sites (tertiary alicyclic amines) is 1. The molecule has 1 aromatic rings. The third kappa shape index (κ3) is 2.50. The monoisotopic (exact) mass is 265 g/mol. The number of hydrogen-bond donors (Lipinski definition) is 2. The highest BCUT2D eigenvalue weighted by Gasteiger charge is 2.31. The van der Waals surface area contributed by atoms with Crippen LogP contribution >= 0.6 is 0 Å². The fourth-order valence-electron chi connectivity index (χ4n) is 2.27. The van der Waals surface area contributed by atoms with Gasteiger partial charge in [0.1, 0.15) is 11.3 Å². The number of nitrogens with two attached hydrogens (primary N) is 1. The van der Waals surface area contributed by atoms with Gasteiger partial charge in [0.2, 0.25) is 0 Å². The maximum atomic E-state index is 12.3. The Morgan fingerprint density at radius 1 is 1.58 bits per heavy atom. The maximum Gasteiger partial charge on any atom is 0.304 e. The molecule has 1 atom stereocenters. The molecular weight excluding hydrogens is 250 g/mol. The number of nitrogen functional groups attached to an aromatic ring is 1. The van der Waals surface area contributed by atoms with Crippen LogP contribution in [-0.2, 0) is 0 Å². The molecule has 1 unspecified atom stereocenters. The Hall–Kier alpha value is -2.15. The summed E-state index contributed by atoms with van der Waals surface area (Å²) in [7, 11) is 0. The summed E-state index contributed by atoms with van der Waals surface area (Å²) < 4.78 is 0. The second kappa shape index (κ2) is 5.23. The van der Waals surface area contributed by atoms with Crippen LogP contribution in [0.4, 0.5) is 11.4 Å². The number of para-hydroxylation sites is 1. The topological polar surface area (TPSA) is 110 Å². The number of carbonyl (C=O) groups is 1. The maximum absolute atomic E-state index is 12.3. The van der Waals surface area contributed by atoms with E-state index in [9.17, 15) is 14.9 Å². The summed E-state index contributed by atoms with van der Waals surface area (Å²) in [5, 5.41) is 20.1. The SMILES string of the molecule is Nc1cccc(C(=O)N2CCC(CO)C2)c1[N+](=O)[O-]. The van der Waals surface area contributed by atoms with E-state index in [1.807, 2.05) is 0 Å². The Morgan fingerprint density at radius 2 is 2.32 bits per heavy atom. The lowest BCUT2D eigenvalue weighted by molar-refractivity contribution is -0.384. The van der Waals surface area contributed by atoms with Crippen LogP contribution < -0.4 is 5.73 Å². The molecule has 0 spiro atoms. The zero-order valence-electron chi connectivity index (χ0n) is 10.3. The first-order valence-corrected chi connectivity index (χ1v) is 5.97. The molecule has 1 aromatic carbocycles. The Labute approximate surface area is 109 Å². The van der Waals surface area contributed by atoms with Gasteiger partial charge in [0, 0.05) is 25.6 Å². The number of amides is 1. The summed E-state index contributed by atoms with van der Waals surface area (Å²) in [4.78, 5) is 24.1. The fraction of sp³-hybridized carbons (Fsp3) is 0.417. The molecule has 1 amide bonds. The van der Waals surface area contributed by atoms with Crippen molar-refractivity contribution >= 4 is 17.3 Å². The zero-order valence-corrected chi connectivity index (χ0v) is 10.3. The van der Waals surface area contributed by atoms with Crippen molar-refractivity contribution in [2.24, 2.45) is 5.92 Å². The second-order valence-corrected chi connectivity index (χ2v) is 4.59. The summed E-state index contributed by atoms with van der Waals surface area (Å²) in [5.74, 6) is -0.362. The van der Waals surface area contributed by atoms with Crippen molar-refractivity contribution in [3.63, 3.8) is 0 Å². The highest BCUT2D eigenvalue weighted by molar-refractivity contribution is 6.00. The van der Waals surface area contributed by atoms with Gasteiger partial charge in [-0.05, 0) is 18.6 Å². The third-order valence-electron chi connectivity index (χ3n) is 3.31. The minimum absolute atomic E-state index is 0.00332. The van der Waals surface area contributed by atoms with Gasteiger partial charge in [-0.3, -0.25) is 14.9 Å². The number of nitrogens with zero attached hydrogens (tertiary/aromatic N) is 2. The van der Waals surface area contributed by atoms with Crippen LogP contribution in [0.3, 0.4) is 0 Å². The summed E-state index contributed by atoms with van der Waals surface area (Å²) >= 11 is 0. The van der Waals surface area contributed by atoms with Gasteiger partial charge >= 0.3 is 5.69 Å². The van der Waals surface area contributed by atoms with Crippen molar-refractivity contribution in [3.05, 3.63) is 33.9 Å². The molecule has 0 saturated carbocycles. The van der Waals surface area contributed by atoms with Crippen LogP contribution in [0.25, 0.3) is 0 Å². The first-order chi connectivity index (χ1) is 9.04. The quantitative estimate of drug-likeness (QED) is 0.473. The Balaban J connectivity index is 2.30. The average Bonchev–Trinajstić information content (AvgIpc) is 2.85. The first-order valence-electron chi connectivity index (χ1n) is 5.97. The van der Waals surface area contributed by atoms with Gasteiger partial charge in [-0.25, -0.2) is 0 Å². The molecule has 0 bridgehead atoms. The molecule has 7 heteroatoms. The Morgan fingerprint density at radius 3 is 2.89 bits per heavy atom. The molecule has 1 aliphatic rings. The molecule has 102 valence electrons. The predicted molar refractivity (Wildman–Crippen MR) is 68.6 cm³/mol. The van der Waals surface area contributed by atoms with E-state index in [1.165, 1.54) is 23.1 Å². The fourth-order valence-corrected chi connectivity index (χ4v) is 2.27. The van der Waals surface area contributed by atoms with Gasteiger partial charge in [0.25, 0.3) is 5.91 Å². The number of hydrogen-bond acceptors (Lipinski definition) is 5. The van der Waals surface area contributed by atoms with Gasteiger partial charge in [0.15, 0.2) is 0 Å². The van der Waals surface area contributed by atoms with E-state index < -0.39 is 10.8 Å². The van der Waals surface area contributed by atoms with Gasteiger partial charge in [-0.2, -0.15) is 0 Å². The van der Waals surface area contributed by atoms with Gasteiger partial charge in [-0.1, -0.05) is 6.07 Å². The number of benzene rings is 1. The summed E-state index contributed by atoms with van der Waals surface area (Å²) in [6.45, 7) is 0.931. The van der Waals surface area contributed by atoms with Crippen LogP contribution in [0, 0.1) is 16.0 Å². The normalized spacial score (nSPS) is 18.6. The predicted octanol–water partition coefficient (Wildman–Crippen LogP) is 0.631. The van der Waals surface area contributed by atoms with Crippen LogP contribution in [0.1, 0.15) is 16.8 Å². The molecule has 1 aliphatic heterocycles. The molecule has 1 saturated heterocycles. The van der Waals surface area contributed by atoms with E-state index in [0.717, 1.165) is 0 Å². The first kappa shape index (κ1) is 13.3. The largest absolute Gasteiger partial charge is 0.396 e. The molecule has 0 aromatic heterocycles. The van der Waals surface area contributed by atoms with Crippen LogP contribution in [-0.4, -0.2) is 40.5 Å². The smallest absolute Gasteiger partial charge is 0.304 e. The van der Waals surface area contributed by atoms with Crippen molar-refractivity contribution < 1.29 is 14.8 Å². The van der Waals surface area contributed by atoms with E-state index >= 15 is 0 Å². The lowest BCUT2D eigenvalue weighted by Crippen LogP contribution is -2.29. The zero-order chi connectivity index (χ0) is 14.0. The van der Waals surface area contributed by atoms with Gasteiger partial charge < -0.3 is 15.7 Å². The molecule has 0 aliphatic carbocycles. The molecule has 1 heterocycles. The summed E-state index contributed by atoms with van der Waals surface area (Å²) in [5.41, 5.74) is 5.20. The van der Waals surface area contributed by atoms with Crippen molar-refractivity contribution in [2.75, 3.05) is 25.4 Å². The lowest BCUT2D eigenvalue weighted by atomic mass is 10.1. The third-order valence-corrected chi connectivity index (χ3v) is 3.31. The van der Waals surface area contributed by atoms with E-state index in [0.29, 0.717) is 19.5 Å². The highest BCUT2D eigenvalue weighted by Crippen LogP contribution is 2.28. The number of rotatable bonds is 3. The number of anilines is 1. The van der Waals surface area contributed by atoms with E-state index in [1.54, 1.807) is 0 Å². The molecule has 3 N–H and O–H groups in total. The number of aliphatic hydroxyl groups is 1. The molecule has 0 radical (unpaired) electrons. The standard InChI is InChI=1S/C12H15N3O4/c13-10-3-1-2-9(11(10)15(18)19)12(17)14-5-4-8(6-14)7-16/h1-3,8,16H,4-7,13H2. The molecular formula is C12H15N3O4. The number of aliphatic hydroxyl groups excluding tert-OH is 1. The highest BCUT2D eigenvalue weighted by atomic mass is 16.6. The minimum Gasteiger partial charge on any atom is -0.396 e. The van der Waals surface area contributed by atoms with Gasteiger partial charge in [0.05, 0.1) is 4.92 Å². The van der Waals surface area contributed by atoms with E-state index in [4.69, 9.17) is 10.8 Å². The Kier molecular flexibility index (Phi) is 3.66. The molecule has 7 nitrogen and oxygen atoms in total. The average molecular weight is 265 g/mol. The van der Waals surface area contributed by atoms with Crippen molar-refractivity contribution in [3.8, 4) is 0 Å². The number of carbonyl (C=O) groups excluding carboxylic acids is 1. The van der Waals surface area contributed by atoms with Crippen molar-refractivity contribution in [2.45, 2.75) is 6.42 Å². The van der Waals surface area contributed by atoms with Crippen LogP contribution in [0.2, 0.25) is 0 Å². The number of nitro benzene ring substituents is 1. The lowest BCUT2D eigenvalue weighted by Gasteiger charge is -2.16. The molecule has 2 rings (SSSR count). The van der Waals surface area contributed by atoms with Crippen molar-refractivity contribution in [1.82, 2.24) is 4.90 Å². The molecule has 1 fully saturated rings. The molecule has 19 heavy (non-hydrogen) atoms. The van der Waals surface area contributed by atoms with E-state index in [-0.39, 0.29) is 29.5 Å².